The first-order chi connectivity index (χ1) is 8.86. The zero-order valence-corrected chi connectivity index (χ0v) is 10.2. The van der Waals surface area contributed by atoms with Gasteiger partial charge in [0.25, 0.3) is 0 Å². The summed E-state index contributed by atoms with van der Waals surface area (Å²) in [4.78, 5) is 15.8. The van der Waals surface area contributed by atoms with E-state index in [1.165, 1.54) is 12.7 Å². The molecule has 3 rings (SSSR count). The minimum absolute atomic E-state index is 0.276. The number of para-hydroxylation sites is 1. The van der Waals surface area contributed by atoms with Crippen molar-refractivity contribution in [2.24, 2.45) is 0 Å². The molecule has 0 saturated carbocycles. The van der Waals surface area contributed by atoms with Gasteiger partial charge in [-0.15, -0.1) is 0 Å². The van der Waals surface area contributed by atoms with Crippen LogP contribution in [0.25, 0.3) is 10.9 Å². The number of hydrogen-bond donors (Lipinski definition) is 0. The van der Waals surface area contributed by atoms with Crippen molar-refractivity contribution < 1.29 is 4.57 Å². The highest BCUT2D eigenvalue weighted by atomic mass is 31.1. The second kappa shape index (κ2) is 4.55. The van der Waals surface area contributed by atoms with Crippen LogP contribution in [0.3, 0.4) is 0 Å². The molecule has 0 aliphatic heterocycles. The molecule has 2 aromatic heterocycles. The van der Waals surface area contributed by atoms with Gasteiger partial charge < -0.3 is 0 Å². The first-order valence-corrected chi connectivity index (χ1v) is 6.55. The SMILES string of the molecule is O=[P+](c1ncncn1)c1cccc2cccnc12. The van der Waals surface area contributed by atoms with E-state index in [1.54, 1.807) is 12.3 Å². The molecule has 18 heavy (non-hydrogen) atoms. The van der Waals surface area contributed by atoms with Crippen LogP contribution in [-0.2, 0) is 4.57 Å². The summed E-state index contributed by atoms with van der Waals surface area (Å²) in [6.45, 7) is 0. The normalized spacial score (nSPS) is 11.4. The van der Waals surface area contributed by atoms with Crippen LogP contribution in [0.15, 0.2) is 49.2 Å². The van der Waals surface area contributed by atoms with E-state index < -0.39 is 7.80 Å². The molecule has 1 atom stereocenters. The van der Waals surface area contributed by atoms with Gasteiger partial charge in [0, 0.05) is 11.6 Å². The third-order valence-electron chi connectivity index (χ3n) is 2.49. The molecule has 0 aliphatic carbocycles. The Labute approximate surface area is 104 Å². The molecule has 0 fully saturated rings. The van der Waals surface area contributed by atoms with Crippen LogP contribution in [-0.4, -0.2) is 19.9 Å². The molecule has 0 bridgehead atoms. The van der Waals surface area contributed by atoms with Crippen molar-refractivity contribution in [2.45, 2.75) is 0 Å². The molecule has 0 spiro atoms. The van der Waals surface area contributed by atoms with Crippen molar-refractivity contribution in [1.82, 2.24) is 19.9 Å². The molecule has 0 radical (unpaired) electrons. The lowest BCUT2D eigenvalue weighted by molar-refractivity contribution is 0.597. The smallest absolute Gasteiger partial charge is 0.251 e. The van der Waals surface area contributed by atoms with Crippen LogP contribution in [0.4, 0.5) is 0 Å². The van der Waals surface area contributed by atoms with E-state index in [0.717, 1.165) is 10.9 Å². The summed E-state index contributed by atoms with van der Waals surface area (Å²) in [5, 5.41) is 1.60. The molecule has 2 heterocycles. The van der Waals surface area contributed by atoms with E-state index in [0.29, 0.717) is 5.30 Å². The molecule has 5 nitrogen and oxygen atoms in total. The maximum atomic E-state index is 12.4. The Balaban J connectivity index is 2.18. The zero-order chi connectivity index (χ0) is 12.4. The molecule has 0 N–H and O–H groups in total. The van der Waals surface area contributed by atoms with Crippen LogP contribution < -0.4 is 10.9 Å². The molecule has 0 amide bonds. The van der Waals surface area contributed by atoms with Crippen molar-refractivity contribution in [2.75, 3.05) is 0 Å². The standard InChI is InChI=1S/C12H8N4OP/c17-18(12-15-7-13-8-16-12)10-5-1-3-9-4-2-6-14-11(9)10/h1-8H/q+1. The van der Waals surface area contributed by atoms with Gasteiger partial charge in [0.05, 0.1) is 0 Å². The fourth-order valence-corrected chi connectivity index (χ4v) is 2.83. The third-order valence-corrected chi connectivity index (χ3v) is 3.88. The monoisotopic (exact) mass is 255 g/mol. The Morgan fingerprint density at radius 2 is 1.72 bits per heavy atom. The fraction of sp³-hybridized carbons (Fsp3) is 0. The number of hydrogen-bond acceptors (Lipinski definition) is 5. The van der Waals surface area contributed by atoms with Gasteiger partial charge in [-0.1, -0.05) is 22.8 Å². The number of benzene rings is 1. The minimum Gasteiger partial charge on any atom is -0.251 e. The van der Waals surface area contributed by atoms with Crippen molar-refractivity contribution in [3.63, 3.8) is 0 Å². The van der Waals surface area contributed by atoms with Gasteiger partial charge in [-0.25, -0.2) is 4.98 Å². The van der Waals surface area contributed by atoms with Crippen molar-refractivity contribution in [3.8, 4) is 0 Å². The average molecular weight is 255 g/mol. The predicted molar refractivity (Wildman–Crippen MR) is 68.4 cm³/mol. The highest BCUT2D eigenvalue weighted by Gasteiger charge is 2.29. The average Bonchev–Trinajstić information content (AvgIpc) is 2.47. The number of rotatable bonds is 2. The molecule has 1 aromatic carbocycles. The Morgan fingerprint density at radius 3 is 2.56 bits per heavy atom. The predicted octanol–water partition coefficient (Wildman–Crippen LogP) is 1.20. The highest BCUT2D eigenvalue weighted by molar-refractivity contribution is 7.61. The topological polar surface area (TPSA) is 68.6 Å². The number of fused-ring (bicyclic) bond motifs is 1. The quantitative estimate of drug-likeness (QED) is 0.643. The van der Waals surface area contributed by atoms with E-state index in [-0.39, 0.29) is 5.57 Å². The van der Waals surface area contributed by atoms with Gasteiger partial charge in [0.2, 0.25) is 5.30 Å². The number of nitrogens with zero attached hydrogens (tertiary/aromatic N) is 4. The molecular weight excluding hydrogens is 247 g/mol. The number of aromatic nitrogens is 4. The molecule has 1 unspecified atom stereocenters. The highest BCUT2D eigenvalue weighted by Crippen LogP contribution is 2.21. The number of pyridine rings is 1. The van der Waals surface area contributed by atoms with Gasteiger partial charge in [0.1, 0.15) is 18.2 Å². The van der Waals surface area contributed by atoms with Gasteiger partial charge in [-0.05, 0) is 12.1 Å². The Hall–Kier alpha value is -2.26. The molecule has 0 saturated heterocycles. The van der Waals surface area contributed by atoms with Crippen LogP contribution in [0.2, 0.25) is 0 Å². The van der Waals surface area contributed by atoms with Crippen LogP contribution >= 0.6 is 7.80 Å². The molecule has 3 aromatic rings. The van der Waals surface area contributed by atoms with E-state index >= 15 is 0 Å². The lowest BCUT2D eigenvalue weighted by Crippen LogP contribution is -2.15. The summed E-state index contributed by atoms with van der Waals surface area (Å²) in [5.74, 6) is 0. The van der Waals surface area contributed by atoms with E-state index in [4.69, 9.17) is 0 Å². The summed E-state index contributed by atoms with van der Waals surface area (Å²) in [7, 11) is -1.85. The molecule has 86 valence electrons. The van der Waals surface area contributed by atoms with Crippen molar-refractivity contribution in [3.05, 3.63) is 49.2 Å². The van der Waals surface area contributed by atoms with Gasteiger partial charge in [-0.3, -0.25) is 4.98 Å². The lowest BCUT2D eigenvalue weighted by Gasteiger charge is -1.95. The Morgan fingerprint density at radius 1 is 0.944 bits per heavy atom. The molecule has 6 heteroatoms. The summed E-state index contributed by atoms with van der Waals surface area (Å²) in [5.41, 5.74) is 1.000. The summed E-state index contributed by atoms with van der Waals surface area (Å²) in [6, 6.07) is 9.36. The van der Waals surface area contributed by atoms with Crippen molar-refractivity contribution in [1.29, 1.82) is 0 Å². The zero-order valence-electron chi connectivity index (χ0n) is 9.26. The largest absolute Gasteiger partial charge is 0.459 e. The molecule has 0 aliphatic rings. The summed E-state index contributed by atoms with van der Waals surface area (Å²) < 4.78 is 12.4. The van der Waals surface area contributed by atoms with Crippen LogP contribution in [0.5, 0.6) is 0 Å². The van der Waals surface area contributed by atoms with Crippen LogP contribution in [0, 0.1) is 0 Å². The second-order valence-corrected chi connectivity index (χ2v) is 5.06. The van der Waals surface area contributed by atoms with E-state index in [1.807, 2.05) is 24.3 Å². The third kappa shape index (κ3) is 1.85. The fourth-order valence-electron chi connectivity index (χ4n) is 1.70. The maximum absolute atomic E-state index is 12.4. The van der Waals surface area contributed by atoms with Gasteiger partial charge in [-0.2, -0.15) is 9.97 Å². The van der Waals surface area contributed by atoms with E-state index in [9.17, 15) is 4.57 Å². The lowest BCUT2D eigenvalue weighted by atomic mass is 10.2. The summed E-state index contributed by atoms with van der Waals surface area (Å²) in [6.07, 6.45) is 4.37. The summed E-state index contributed by atoms with van der Waals surface area (Å²) >= 11 is 0. The molecular formula is C12H8N4OP+. The van der Waals surface area contributed by atoms with Gasteiger partial charge in [0.15, 0.2) is 0 Å². The Bertz CT molecular complexity index is 712. The van der Waals surface area contributed by atoms with E-state index in [2.05, 4.69) is 19.9 Å². The minimum atomic E-state index is -1.85. The van der Waals surface area contributed by atoms with Gasteiger partial charge >= 0.3 is 13.4 Å². The Kier molecular flexibility index (Phi) is 2.74. The first-order valence-electron chi connectivity index (χ1n) is 5.29. The first kappa shape index (κ1) is 10.9. The second-order valence-electron chi connectivity index (χ2n) is 3.58. The maximum Gasteiger partial charge on any atom is 0.459 e. The van der Waals surface area contributed by atoms with Crippen LogP contribution in [0.1, 0.15) is 0 Å². The van der Waals surface area contributed by atoms with Crippen molar-refractivity contribution >= 4 is 29.6 Å².